The van der Waals surface area contributed by atoms with Crippen LogP contribution < -0.4 is 0 Å². The topological polar surface area (TPSA) is 35.6 Å². The number of hydrogen-bond donors (Lipinski definition) is 0. The summed E-state index contributed by atoms with van der Waals surface area (Å²) in [5.74, 6) is 1.45. The maximum Gasteiger partial charge on any atom is 0.163 e. The van der Waals surface area contributed by atoms with Gasteiger partial charge in [0, 0.05) is 24.4 Å². The highest BCUT2D eigenvalue weighted by atomic mass is 35.5. The monoisotopic (exact) mass is 308 g/mol. The molecule has 0 aliphatic heterocycles. The van der Waals surface area contributed by atoms with Crippen molar-refractivity contribution in [3.8, 4) is 5.69 Å². The van der Waals surface area contributed by atoms with Gasteiger partial charge in [0.15, 0.2) is 5.65 Å². The highest BCUT2D eigenvalue weighted by Gasteiger charge is 2.18. The Hall–Kier alpha value is -1.52. The fourth-order valence-electron chi connectivity index (χ4n) is 2.46. The van der Waals surface area contributed by atoms with Crippen molar-refractivity contribution in [3.05, 3.63) is 40.8 Å². The van der Waals surface area contributed by atoms with Crippen LogP contribution in [-0.2, 0) is 13.5 Å². The summed E-state index contributed by atoms with van der Waals surface area (Å²) in [5, 5.41) is 5.12. The quantitative estimate of drug-likeness (QED) is 0.694. The second kappa shape index (κ2) is 5.11. The molecule has 2 aromatic heterocycles. The van der Waals surface area contributed by atoms with Gasteiger partial charge in [-0.2, -0.15) is 5.10 Å². The van der Waals surface area contributed by atoms with Crippen LogP contribution in [0.25, 0.3) is 16.9 Å². The summed E-state index contributed by atoms with van der Waals surface area (Å²) in [5.41, 5.74) is 3.76. The summed E-state index contributed by atoms with van der Waals surface area (Å²) in [4.78, 5) is 4.68. The fraction of sp³-hybridized carbons (Fsp3) is 0.286. The van der Waals surface area contributed by atoms with Gasteiger partial charge in [-0.05, 0) is 25.1 Å². The van der Waals surface area contributed by atoms with Crippen LogP contribution in [0, 0.1) is 6.92 Å². The second-order valence-corrected chi connectivity index (χ2v) is 5.48. The maximum absolute atomic E-state index is 6.11. The van der Waals surface area contributed by atoms with Crippen molar-refractivity contribution < 1.29 is 0 Å². The molecule has 6 heteroatoms. The van der Waals surface area contributed by atoms with Crippen LogP contribution in [0.2, 0.25) is 5.02 Å². The molecule has 0 aliphatic carbocycles. The molecule has 3 rings (SSSR count). The molecule has 0 radical (unpaired) electrons. The number of hydrogen-bond acceptors (Lipinski definition) is 2. The molecular weight excluding hydrogens is 295 g/mol. The van der Waals surface area contributed by atoms with Gasteiger partial charge < -0.3 is 0 Å². The van der Waals surface area contributed by atoms with Crippen LogP contribution in [0.1, 0.15) is 11.5 Å². The van der Waals surface area contributed by atoms with Crippen molar-refractivity contribution in [2.75, 3.05) is 5.88 Å². The number of rotatable bonds is 3. The van der Waals surface area contributed by atoms with E-state index in [1.165, 1.54) is 0 Å². The van der Waals surface area contributed by atoms with E-state index in [-0.39, 0.29) is 0 Å². The highest BCUT2D eigenvalue weighted by molar-refractivity contribution is 6.30. The van der Waals surface area contributed by atoms with Gasteiger partial charge in [-0.15, -0.1) is 11.6 Å². The van der Waals surface area contributed by atoms with Gasteiger partial charge in [0.25, 0.3) is 0 Å². The minimum absolute atomic E-state index is 0.524. The lowest BCUT2D eigenvalue weighted by Gasteiger charge is -2.09. The summed E-state index contributed by atoms with van der Waals surface area (Å²) < 4.78 is 3.92. The first kappa shape index (κ1) is 13.5. The van der Waals surface area contributed by atoms with Crippen LogP contribution in [0.4, 0.5) is 0 Å². The van der Waals surface area contributed by atoms with Crippen molar-refractivity contribution in [2.24, 2.45) is 7.05 Å². The average molecular weight is 309 g/mol. The summed E-state index contributed by atoms with van der Waals surface area (Å²) >= 11 is 12.0. The van der Waals surface area contributed by atoms with E-state index in [4.69, 9.17) is 23.2 Å². The Kier molecular flexibility index (Phi) is 3.44. The van der Waals surface area contributed by atoms with Crippen LogP contribution in [0.5, 0.6) is 0 Å². The lowest BCUT2D eigenvalue weighted by Crippen LogP contribution is -2.06. The molecule has 0 fully saturated rings. The third-order valence-corrected chi connectivity index (χ3v) is 3.68. The SMILES string of the molecule is Cc1nn(C)c2c1nc(CCCl)n2-c1cccc(Cl)c1. The molecular formula is C14H14Cl2N4. The number of alkyl halides is 1. The van der Waals surface area contributed by atoms with Crippen molar-refractivity contribution in [1.29, 1.82) is 0 Å². The van der Waals surface area contributed by atoms with E-state index in [0.29, 0.717) is 17.3 Å². The summed E-state index contributed by atoms with van der Waals surface area (Å²) in [6.45, 7) is 1.96. The molecule has 0 unspecified atom stereocenters. The van der Waals surface area contributed by atoms with Gasteiger partial charge in [-0.3, -0.25) is 4.57 Å². The molecule has 0 atom stereocenters. The van der Waals surface area contributed by atoms with E-state index in [2.05, 4.69) is 14.6 Å². The van der Waals surface area contributed by atoms with Gasteiger partial charge in [0.1, 0.15) is 11.3 Å². The summed E-state index contributed by atoms with van der Waals surface area (Å²) in [6.07, 6.45) is 0.697. The number of nitrogens with zero attached hydrogens (tertiary/aromatic N) is 4. The number of aromatic nitrogens is 4. The largest absolute Gasteiger partial charge is 0.281 e. The minimum Gasteiger partial charge on any atom is -0.281 e. The second-order valence-electron chi connectivity index (χ2n) is 4.66. The van der Waals surface area contributed by atoms with E-state index < -0.39 is 0 Å². The number of imidazole rings is 1. The number of aryl methyl sites for hydroxylation is 3. The van der Waals surface area contributed by atoms with Crippen LogP contribution in [0.15, 0.2) is 24.3 Å². The zero-order chi connectivity index (χ0) is 14.3. The van der Waals surface area contributed by atoms with E-state index in [0.717, 1.165) is 28.4 Å². The van der Waals surface area contributed by atoms with Crippen molar-refractivity contribution >= 4 is 34.4 Å². The Morgan fingerprint density at radius 2 is 2.10 bits per heavy atom. The molecule has 0 saturated carbocycles. The van der Waals surface area contributed by atoms with Gasteiger partial charge in [0.2, 0.25) is 0 Å². The molecule has 0 saturated heterocycles. The molecule has 0 aliphatic rings. The minimum atomic E-state index is 0.524. The molecule has 2 heterocycles. The van der Waals surface area contributed by atoms with Gasteiger partial charge >= 0.3 is 0 Å². The Balaban J connectivity index is 2.33. The summed E-state index contributed by atoms with van der Waals surface area (Å²) in [6, 6.07) is 7.71. The van der Waals surface area contributed by atoms with E-state index in [9.17, 15) is 0 Å². The highest BCUT2D eigenvalue weighted by Crippen LogP contribution is 2.25. The first-order chi connectivity index (χ1) is 9.61. The van der Waals surface area contributed by atoms with E-state index in [1.54, 1.807) is 0 Å². The molecule has 4 nitrogen and oxygen atoms in total. The number of halogens is 2. The Morgan fingerprint density at radius 1 is 1.30 bits per heavy atom. The Morgan fingerprint density at radius 3 is 2.80 bits per heavy atom. The lowest BCUT2D eigenvalue weighted by atomic mass is 10.3. The molecule has 0 amide bonds. The zero-order valence-electron chi connectivity index (χ0n) is 11.3. The normalized spacial score (nSPS) is 11.4. The predicted octanol–water partition coefficient (Wildman–Crippen LogP) is 3.50. The van der Waals surface area contributed by atoms with Crippen LogP contribution >= 0.6 is 23.2 Å². The van der Waals surface area contributed by atoms with Gasteiger partial charge in [-0.25, -0.2) is 9.67 Å². The molecule has 0 bridgehead atoms. The standard InChI is InChI=1S/C14H14Cl2N4/c1-9-13-14(19(2)18-9)20(12(17-13)6-7-15)11-5-3-4-10(16)8-11/h3-5,8H,6-7H2,1-2H3. The average Bonchev–Trinajstić information content (AvgIpc) is 2.89. The van der Waals surface area contributed by atoms with Crippen molar-refractivity contribution in [2.45, 2.75) is 13.3 Å². The van der Waals surface area contributed by atoms with Crippen molar-refractivity contribution in [3.63, 3.8) is 0 Å². The first-order valence-corrected chi connectivity index (χ1v) is 7.26. The summed E-state index contributed by atoms with van der Waals surface area (Å²) in [7, 11) is 1.92. The molecule has 3 aromatic rings. The molecule has 20 heavy (non-hydrogen) atoms. The fourth-order valence-corrected chi connectivity index (χ4v) is 2.81. The smallest absolute Gasteiger partial charge is 0.163 e. The molecule has 104 valence electrons. The van der Waals surface area contributed by atoms with Gasteiger partial charge in [0.05, 0.1) is 11.4 Å². The van der Waals surface area contributed by atoms with E-state index >= 15 is 0 Å². The lowest BCUT2D eigenvalue weighted by molar-refractivity contribution is 0.751. The van der Waals surface area contributed by atoms with E-state index in [1.807, 2.05) is 42.9 Å². The molecule has 0 spiro atoms. The Labute approximate surface area is 126 Å². The third-order valence-electron chi connectivity index (χ3n) is 3.26. The van der Waals surface area contributed by atoms with Crippen LogP contribution in [-0.4, -0.2) is 25.2 Å². The van der Waals surface area contributed by atoms with Crippen molar-refractivity contribution in [1.82, 2.24) is 19.3 Å². The third kappa shape index (κ3) is 2.09. The van der Waals surface area contributed by atoms with Crippen LogP contribution in [0.3, 0.4) is 0 Å². The Bertz CT molecular complexity index is 773. The predicted molar refractivity (Wildman–Crippen MR) is 82.0 cm³/mol. The number of fused-ring (bicyclic) bond motifs is 1. The molecule has 0 N–H and O–H groups in total. The molecule has 1 aromatic carbocycles. The first-order valence-electron chi connectivity index (χ1n) is 6.34. The zero-order valence-corrected chi connectivity index (χ0v) is 12.8. The maximum atomic E-state index is 6.11. The van der Waals surface area contributed by atoms with Gasteiger partial charge in [-0.1, -0.05) is 17.7 Å². The number of benzene rings is 1.